The molecule has 1 aliphatic rings. The average molecular weight is 408 g/mol. The van der Waals surface area contributed by atoms with Gasteiger partial charge in [0, 0.05) is 37.4 Å². The van der Waals surface area contributed by atoms with Crippen molar-refractivity contribution in [2.24, 2.45) is 0 Å². The van der Waals surface area contributed by atoms with Gasteiger partial charge in [0.2, 0.25) is 5.91 Å². The Balaban J connectivity index is 1.48. The van der Waals surface area contributed by atoms with Crippen LogP contribution in [0.3, 0.4) is 0 Å². The molecule has 0 bridgehead atoms. The van der Waals surface area contributed by atoms with Gasteiger partial charge >= 0.3 is 0 Å². The van der Waals surface area contributed by atoms with Gasteiger partial charge in [-0.2, -0.15) is 0 Å². The molecule has 1 aliphatic heterocycles. The molecule has 0 radical (unpaired) electrons. The fourth-order valence-electron chi connectivity index (χ4n) is 3.66. The minimum absolute atomic E-state index is 0.0361. The quantitative estimate of drug-likeness (QED) is 0.680. The molecule has 1 heterocycles. The predicted octanol–water partition coefficient (Wildman–Crippen LogP) is 2.33. The average Bonchev–Trinajstić information content (AvgIpc) is 2.74. The van der Waals surface area contributed by atoms with Crippen LogP contribution in [-0.4, -0.2) is 61.1 Å². The number of ketones is 2. The summed E-state index contributed by atoms with van der Waals surface area (Å²) in [6, 6.07) is 16.9. The van der Waals surface area contributed by atoms with Crippen LogP contribution in [0.4, 0.5) is 5.69 Å². The summed E-state index contributed by atoms with van der Waals surface area (Å²) in [6.07, 6.45) is 0.506. The van der Waals surface area contributed by atoms with Crippen molar-refractivity contribution >= 4 is 23.2 Å². The molecular formula is C24H29N3O3. The molecule has 0 saturated carbocycles. The molecule has 1 fully saturated rings. The summed E-state index contributed by atoms with van der Waals surface area (Å²) >= 11 is 0. The van der Waals surface area contributed by atoms with E-state index in [9.17, 15) is 14.4 Å². The first-order valence-corrected chi connectivity index (χ1v) is 10.3. The van der Waals surface area contributed by atoms with Crippen LogP contribution in [0.5, 0.6) is 0 Å². The SMILES string of the molecule is CC(=O)c1ccc(N2CCN(CC(=O)NC(Cc3ccccc3)C(C)=O)CC2)cc1. The van der Waals surface area contributed by atoms with Crippen LogP contribution >= 0.6 is 0 Å². The van der Waals surface area contributed by atoms with E-state index in [0.717, 1.165) is 37.4 Å². The standard InChI is InChI=1S/C24H29N3O3/c1-18(28)21-8-10-22(11-9-21)27-14-12-26(13-15-27)17-24(30)25-23(19(2)29)16-20-6-4-3-5-7-20/h3-11,23H,12-17H2,1-2H3,(H,25,30). The summed E-state index contributed by atoms with van der Waals surface area (Å²) in [6.45, 7) is 6.53. The van der Waals surface area contributed by atoms with Gasteiger partial charge in [-0.25, -0.2) is 0 Å². The molecule has 2 aromatic rings. The van der Waals surface area contributed by atoms with E-state index in [4.69, 9.17) is 0 Å². The molecule has 0 aromatic heterocycles. The number of benzene rings is 2. The summed E-state index contributed by atoms with van der Waals surface area (Å²) < 4.78 is 0. The maximum atomic E-state index is 12.5. The Bertz CT molecular complexity index is 872. The molecule has 1 unspecified atom stereocenters. The Hall–Kier alpha value is -2.99. The molecule has 0 spiro atoms. The molecule has 1 amide bonds. The molecule has 1 saturated heterocycles. The van der Waals surface area contributed by atoms with Crippen LogP contribution in [0.2, 0.25) is 0 Å². The largest absolute Gasteiger partial charge is 0.369 e. The lowest BCUT2D eigenvalue weighted by Crippen LogP contribution is -2.51. The Kier molecular flexibility index (Phi) is 7.36. The highest BCUT2D eigenvalue weighted by Crippen LogP contribution is 2.17. The van der Waals surface area contributed by atoms with Gasteiger partial charge in [-0.05, 0) is 50.1 Å². The number of rotatable bonds is 8. The number of carbonyl (C=O) groups is 3. The van der Waals surface area contributed by atoms with Crippen molar-refractivity contribution in [1.29, 1.82) is 0 Å². The van der Waals surface area contributed by atoms with E-state index in [-0.39, 0.29) is 24.0 Å². The molecule has 30 heavy (non-hydrogen) atoms. The fraction of sp³-hybridized carbons (Fsp3) is 0.375. The lowest BCUT2D eigenvalue weighted by Gasteiger charge is -2.36. The van der Waals surface area contributed by atoms with E-state index in [2.05, 4.69) is 15.1 Å². The topological polar surface area (TPSA) is 69.7 Å². The van der Waals surface area contributed by atoms with E-state index in [0.29, 0.717) is 12.0 Å². The van der Waals surface area contributed by atoms with Gasteiger partial charge in [-0.1, -0.05) is 30.3 Å². The molecular weight excluding hydrogens is 378 g/mol. The molecule has 6 heteroatoms. The Labute approximate surface area is 177 Å². The van der Waals surface area contributed by atoms with E-state index >= 15 is 0 Å². The van der Waals surface area contributed by atoms with Crippen molar-refractivity contribution in [3.8, 4) is 0 Å². The highest BCUT2D eigenvalue weighted by Gasteiger charge is 2.22. The second-order valence-electron chi connectivity index (χ2n) is 7.79. The van der Waals surface area contributed by atoms with Gasteiger partial charge in [0.25, 0.3) is 0 Å². The van der Waals surface area contributed by atoms with Crippen LogP contribution in [0.25, 0.3) is 0 Å². The Morgan fingerprint density at radius 2 is 1.53 bits per heavy atom. The van der Waals surface area contributed by atoms with E-state index in [1.54, 1.807) is 6.92 Å². The zero-order valence-electron chi connectivity index (χ0n) is 17.6. The number of amides is 1. The van der Waals surface area contributed by atoms with Crippen molar-refractivity contribution in [2.45, 2.75) is 26.3 Å². The normalized spacial score (nSPS) is 15.5. The first-order chi connectivity index (χ1) is 14.4. The minimum Gasteiger partial charge on any atom is -0.369 e. The Morgan fingerprint density at radius 3 is 2.10 bits per heavy atom. The van der Waals surface area contributed by atoms with Crippen LogP contribution < -0.4 is 10.2 Å². The smallest absolute Gasteiger partial charge is 0.234 e. The van der Waals surface area contributed by atoms with Crippen LogP contribution in [0.1, 0.15) is 29.8 Å². The summed E-state index contributed by atoms with van der Waals surface area (Å²) in [5.74, 6) is -0.0927. The van der Waals surface area contributed by atoms with E-state index in [1.165, 1.54) is 6.92 Å². The number of anilines is 1. The van der Waals surface area contributed by atoms with Gasteiger partial charge in [-0.3, -0.25) is 19.3 Å². The van der Waals surface area contributed by atoms with Crippen LogP contribution in [-0.2, 0) is 16.0 Å². The second-order valence-corrected chi connectivity index (χ2v) is 7.79. The monoisotopic (exact) mass is 407 g/mol. The number of hydrogen-bond donors (Lipinski definition) is 1. The number of piperazine rings is 1. The predicted molar refractivity (Wildman–Crippen MR) is 118 cm³/mol. The van der Waals surface area contributed by atoms with Crippen molar-refractivity contribution < 1.29 is 14.4 Å². The van der Waals surface area contributed by atoms with Gasteiger partial charge < -0.3 is 10.2 Å². The lowest BCUT2D eigenvalue weighted by molar-refractivity contribution is -0.127. The molecule has 6 nitrogen and oxygen atoms in total. The number of carbonyl (C=O) groups excluding carboxylic acids is 3. The summed E-state index contributed by atoms with van der Waals surface area (Å²) in [4.78, 5) is 40.3. The van der Waals surface area contributed by atoms with Crippen molar-refractivity contribution in [2.75, 3.05) is 37.6 Å². The molecule has 2 aromatic carbocycles. The van der Waals surface area contributed by atoms with Gasteiger partial charge in [-0.15, -0.1) is 0 Å². The molecule has 0 aliphatic carbocycles. The third kappa shape index (κ3) is 6.00. The lowest BCUT2D eigenvalue weighted by atomic mass is 10.0. The summed E-state index contributed by atoms with van der Waals surface area (Å²) in [5.41, 5.74) is 2.83. The molecule has 1 atom stereocenters. The first-order valence-electron chi connectivity index (χ1n) is 10.3. The summed E-state index contributed by atoms with van der Waals surface area (Å²) in [5, 5.41) is 2.90. The van der Waals surface area contributed by atoms with E-state index < -0.39 is 6.04 Å². The van der Waals surface area contributed by atoms with Gasteiger partial charge in [0.1, 0.15) is 0 Å². The number of nitrogens with zero attached hydrogens (tertiary/aromatic N) is 2. The van der Waals surface area contributed by atoms with E-state index in [1.807, 2.05) is 54.6 Å². The number of nitrogens with one attached hydrogen (secondary N) is 1. The third-order valence-electron chi connectivity index (χ3n) is 5.49. The molecule has 158 valence electrons. The van der Waals surface area contributed by atoms with Crippen molar-refractivity contribution in [1.82, 2.24) is 10.2 Å². The van der Waals surface area contributed by atoms with Gasteiger partial charge in [0.15, 0.2) is 11.6 Å². The Morgan fingerprint density at radius 1 is 0.900 bits per heavy atom. The molecule has 1 N–H and O–H groups in total. The van der Waals surface area contributed by atoms with Crippen LogP contribution in [0, 0.1) is 0 Å². The van der Waals surface area contributed by atoms with Crippen LogP contribution in [0.15, 0.2) is 54.6 Å². The molecule has 3 rings (SSSR count). The third-order valence-corrected chi connectivity index (χ3v) is 5.49. The summed E-state index contributed by atoms with van der Waals surface area (Å²) in [7, 11) is 0. The zero-order chi connectivity index (χ0) is 21.5. The highest BCUT2D eigenvalue weighted by molar-refractivity contribution is 5.94. The van der Waals surface area contributed by atoms with Crippen molar-refractivity contribution in [3.05, 3.63) is 65.7 Å². The van der Waals surface area contributed by atoms with Gasteiger partial charge in [0.05, 0.1) is 12.6 Å². The van der Waals surface area contributed by atoms with Crippen molar-refractivity contribution in [3.63, 3.8) is 0 Å². The second kappa shape index (κ2) is 10.2. The first kappa shape index (κ1) is 21.7. The maximum Gasteiger partial charge on any atom is 0.234 e. The zero-order valence-corrected chi connectivity index (χ0v) is 17.6. The minimum atomic E-state index is -0.499. The highest BCUT2D eigenvalue weighted by atomic mass is 16.2. The fourth-order valence-corrected chi connectivity index (χ4v) is 3.66. The number of Topliss-reactive ketones (excluding diaryl/α,β-unsaturated/α-hetero) is 2. The maximum absolute atomic E-state index is 12.5. The number of hydrogen-bond acceptors (Lipinski definition) is 5.